The third-order valence-electron chi connectivity index (χ3n) is 5.87. The van der Waals surface area contributed by atoms with Gasteiger partial charge in [0.05, 0.1) is 17.8 Å². The van der Waals surface area contributed by atoms with Gasteiger partial charge >= 0.3 is 0 Å². The van der Waals surface area contributed by atoms with Gasteiger partial charge in [0.1, 0.15) is 5.82 Å². The molecule has 156 valence electrons. The van der Waals surface area contributed by atoms with E-state index >= 15 is 0 Å². The number of nitrogens with zero attached hydrogens (tertiary/aromatic N) is 4. The predicted octanol–water partition coefficient (Wildman–Crippen LogP) is 4.97. The van der Waals surface area contributed by atoms with Crippen molar-refractivity contribution in [2.24, 2.45) is 0 Å². The average Bonchev–Trinajstić information content (AvgIpc) is 3.22. The van der Waals surface area contributed by atoms with Crippen LogP contribution in [0.3, 0.4) is 0 Å². The minimum Gasteiger partial charge on any atom is -0.352 e. The smallest absolute Gasteiger partial charge is 0.170 e. The minimum atomic E-state index is 0.0231. The van der Waals surface area contributed by atoms with Gasteiger partial charge in [0, 0.05) is 30.3 Å². The Bertz CT molecular complexity index is 1040. The van der Waals surface area contributed by atoms with Crippen molar-refractivity contribution in [2.45, 2.75) is 52.6 Å². The summed E-state index contributed by atoms with van der Waals surface area (Å²) < 4.78 is 2.25. The van der Waals surface area contributed by atoms with Gasteiger partial charge in [0.2, 0.25) is 0 Å². The second kappa shape index (κ2) is 8.56. The van der Waals surface area contributed by atoms with E-state index in [2.05, 4.69) is 70.6 Å². The van der Waals surface area contributed by atoms with Gasteiger partial charge in [0.25, 0.3) is 0 Å². The van der Waals surface area contributed by atoms with Gasteiger partial charge in [-0.05, 0) is 80.9 Å². The number of hydrogen-bond acceptors (Lipinski definition) is 3. The monoisotopic (exact) mass is 419 g/mol. The fourth-order valence-electron chi connectivity index (χ4n) is 4.40. The Morgan fingerprint density at radius 2 is 1.90 bits per heavy atom. The Morgan fingerprint density at radius 1 is 1.07 bits per heavy atom. The van der Waals surface area contributed by atoms with Crippen molar-refractivity contribution in [3.8, 4) is 5.82 Å². The summed E-state index contributed by atoms with van der Waals surface area (Å²) in [6.07, 6.45) is 5.96. The fraction of sp³-hybridized carbons (Fsp3) is 0.375. The van der Waals surface area contributed by atoms with Crippen molar-refractivity contribution < 1.29 is 0 Å². The van der Waals surface area contributed by atoms with Crippen LogP contribution in [-0.4, -0.2) is 31.1 Å². The summed E-state index contributed by atoms with van der Waals surface area (Å²) in [6, 6.07) is 12.6. The number of hydrogen-bond donors (Lipinski definition) is 1. The summed E-state index contributed by atoms with van der Waals surface area (Å²) in [7, 11) is 0. The molecule has 1 aliphatic rings. The number of thiocarbonyl (C=S) groups is 1. The number of nitrogens with one attached hydrogen (secondary N) is 1. The van der Waals surface area contributed by atoms with Crippen LogP contribution in [0.1, 0.15) is 60.1 Å². The minimum absolute atomic E-state index is 0.0231. The molecule has 1 fully saturated rings. The van der Waals surface area contributed by atoms with E-state index < -0.39 is 0 Å². The van der Waals surface area contributed by atoms with Gasteiger partial charge in [-0.25, -0.2) is 4.98 Å². The van der Waals surface area contributed by atoms with Crippen molar-refractivity contribution in [1.82, 2.24) is 24.8 Å². The van der Waals surface area contributed by atoms with Crippen LogP contribution in [0, 0.1) is 20.8 Å². The van der Waals surface area contributed by atoms with E-state index in [4.69, 9.17) is 12.2 Å². The molecule has 3 aromatic rings. The third kappa shape index (κ3) is 3.72. The standard InChI is InChI=1S/C24H29N5S/c1-5-6-13-28-23(22(27-24(28)30)20-9-7-8-11-25-20)19-15-17(3)29(18(19)4)21-14-16(2)10-12-26-21/h7-12,14-15,22-23H,5-6,13H2,1-4H3,(H,27,30)/t22-,23-/m1/s1. The molecule has 0 radical (unpaired) electrons. The van der Waals surface area contributed by atoms with E-state index in [-0.39, 0.29) is 12.1 Å². The Kier molecular flexibility index (Phi) is 5.86. The van der Waals surface area contributed by atoms with Gasteiger partial charge in [-0.2, -0.15) is 0 Å². The second-order valence-corrected chi connectivity index (χ2v) is 8.41. The van der Waals surface area contributed by atoms with Crippen LogP contribution >= 0.6 is 12.2 Å². The van der Waals surface area contributed by atoms with Crippen molar-refractivity contribution in [3.05, 3.63) is 77.0 Å². The highest BCUT2D eigenvalue weighted by molar-refractivity contribution is 7.80. The van der Waals surface area contributed by atoms with Crippen molar-refractivity contribution in [3.63, 3.8) is 0 Å². The lowest BCUT2D eigenvalue weighted by molar-refractivity contribution is 0.312. The zero-order valence-electron chi connectivity index (χ0n) is 18.1. The quantitative estimate of drug-likeness (QED) is 0.572. The number of aryl methyl sites for hydroxylation is 2. The summed E-state index contributed by atoms with van der Waals surface area (Å²) in [4.78, 5) is 11.6. The summed E-state index contributed by atoms with van der Waals surface area (Å²) in [5.41, 5.74) is 5.86. The molecule has 0 saturated carbocycles. The van der Waals surface area contributed by atoms with Gasteiger partial charge in [-0.1, -0.05) is 19.4 Å². The number of unbranched alkanes of at least 4 members (excludes halogenated alkanes) is 1. The van der Waals surface area contributed by atoms with E-state index in [0.29, 0.717) is 0 Å². The van der Waals surface area contributed by atoms with Gasteiger partial charge in [-0.15, -0.1) is 0 Å². The van der Waals surface area contributed by atoms with E-state index in [0.717, 1.165) is 36.0 Å². The first kappa shape index (κ1) is 20.5. The highest BCUT2D eigenvalue weighted by Gasteiger charge is 2.41. The first-order valence-electron chi connectivity index (χ1n) is 10.6. The van der Waals surface area contributed by atoms with Crippen LogP contribution < -0.4 is 5.32 Å². The number of pyridine rings is 2. The molecular formula is C24H29N5S. The van der Waals surface area contributed by atoms with E-state index in [1.54, 1.807) is 0 Å². The van der Waals surface area contributed by atoms with E-state index in [9.17, 15) is 0 Å². The molecule has 0 unspecified atom stereocenters. The third-order valence-corrected chi connectivity index (χ3v) is 6.22. The molecule has 5 nitrogen and oxygen atoms in total. The molecule has 6 heteroatoms. The van der Waals surface area contributed by atoms with Gasteiger partial charge in [0.15, 0.2) is 5.11 Å². The van der Waals surface area contributed by atoms with Crippen LogP contribution in [0.4, 0.5) is 0 Å². The molecule has 0 amide bonds. The molecule has 0 aromatic carbocycles. The topological polar surface area (TPSA) is 46.0 Å². The van der Waals surface area contributed by atoms with E-state index in [1.807, 2.05) is 30.6 Å². The second-order valence-electron chi connectivity index (χ2n) is 8.03. The lowest BCUT2D eigenvalue weighted by Gasteiger charge is -2.28. The molecule has 0 aliphatic carbocycles. The van der Waals surface area contributed by atoms with Gasteiger partial charge in [-0.3, -0.25) is 4.98 Å². The van der Waals surface area contributed by atoms with Crippen LogP contribution in [0.15, 0.2) is 48.8 Å². The zero-order chi connectivity index (χ0) is 21.3. The summed E-state index contributed by atoms with van der Waals surface area (Å²) in [6.45, 7) is 9.58. The normalized spacial score (nSPS) is 18.7. The van der Waals surface area contributed by atoms with Gasteiger partial charge < -0.3 is 14.8 Å². The maximum atomic E-state index is 5.77. The van der Waals surface area contributed by atoms with Crippen LogP contribution in [0.5, 0.6) is 0 Å². The average molecular weight is 420 g/mol. The molecule has 4 heterocycles. The highest BCUT2D eigenvalue weighted by atomic mass is 32.1. The SMILES string of the molecule is CCCCN1C(=S)N[C@H](c2ccccn2)[C@H]1c1cc(C)n(-c2cc(C)ccn2)c1C. The van der Waals surface area contributed by atoms with Crippen LogP contribution in [-0.2, 0) is 0 Å². The molecule has 0 spiro atoms. The first-order chi connectivity index (χ1) is 14.5. The molecular weight excluding hydrogens is 390 g/mol. The lowest BCUT2D eigenvalue weighted by atomic mass is 9.96. The Labute approximate surface area is 184 Å². The van der Waals surface area contributed by atoms with E-state index in [1.165, 1.54) is 22.5 Å². The predicted molar refractivity (Wildman–Crippen MR) is 125 cm³/mol. The lowest BCUT2D eigenvalue weighted by Crippen LogP contribution is -2.30. The molecule has 3 aromatic heterocycles. The summed E-state index contributed by atoms with van der Waals surface area (Å²) in [5.74, 6) is 0.958. The Hall–Kier alpha value is -2.73. The van der Waals surface area contributed by atoms with Crippen molar-refractivity contribution in [1.29, 1.82) is 0 Å². The molecule has 1 aliphatic heterocycles. The van der Waals surface area contributed by atoms with Crippen LogP contribution in [0.2, 0.25) is 0 Å². The Morgan fingerprint density at radius 3 is 2.60 bits per heavy atom. The van der Waals surface area contributed by atoms with Crippen molar-refractivity contribution >= 4 is 17.3 Å². The van der Waals surface area contributed by atoms with Crippen LogP contribution in [0.25, 0.3) is 5.82 Å². The molecule has 0 bridgehead atoms. The number of rotatable bonds is 6. The van der Waals surface area contributed by atoms with Crippen molar-refractivity contribution in [2.75, 3.05) is 6.54 Å². The molecule has 4 rings (SSSR count). The molecule has 1 saturated heterocycles. The molecule has 2 atom stereocenters. The maximum absolute atomic E-state index is 5.77. The Balaban J connectivity index is 1.82. The molecule has 1 N–H and O–H groups in total. The highest BCUT2D eigenvalue weighted by Crippen LogP contribution is 2.41. The molecule has 30 heavy (non-hydrogen) atoms. The largest absolute Gasteiger partial charge is 0.352 e. The zero-order valence-corrected chi connectivity index (χ0v) is 18.9. The summed E-state index contributed by atoms with van der Waals surface area (Å²) in [5, 5.41) is 4.36. The summed E-state index contributed by atoms with van der Waals surface area (Å²) >= 11 is 5.77. The number of aromatic nitrogens is 3. The fourth-order valence-corrected chi connectivity index (χ4v) is 4.73. The first-order valence-corrected chi connectivity index (χ1v) is 11.0. The maximum Gasteiger partial charge on any atom is 0.170 e.